The van der Waals surface area contributed by atoms with Gasteiger partial charge in [0.25, 0.3) is 5.56 Å². The van der Waals surface area contributed by atoms with Crippen molar-refractivity contribution in [2.45, 2.75) is 32.0 Å². The maximum Gasteiger partial charge on any atom is 0.329 e. The predicted octanol–water partition coefficient (Wildman–Crippen LogP) is 1.49. The fraction of sp³-hybridized carbons (Fsp3) is 0.526. The topological polar surface area (TPSA) is 102 Å². The van der Waals surface area contributed by atoms with E-state index in [0.29, 0.717) is 40.5 Å². The van der Waals surface area contributed by atoms with Crippen LogP contribution < -0.4 is 16.1 Å². The van der Waals surface area contributed by atoms with Crippen LogP contribution in [0.4, 0.5) is 5.95 Å². The van der Waals surface area contributed by atoms with Crippen LogP contribution in [0.5, 0.6) is 0 Å². The number of rotatable bonds is 5. The van der Waals surface area contributed by atoms with E-state index in [2.05, 4.69) is 33.7 Å². The molecule has 10 heteroatoms. The molecule has 0 amide bonds. The van der Waals surface area contributed by atoms with Gasteiger partial charge < -0.3 is 9.47 Å². The van der Waals surface area contributed by atoms with Crippen molar-refractivity contribution in [2.75, 3.05) is 23.7 Å². The summed E-state index contributed by atoms with van der Waals surface area (Å²) in [7, 11) is 1.63. The second-order valence-corrected chi connectivity index (χ2v) is 8.85. The van der Waals surface area contributed by atoms with Crippen LogP contribution in [0.1, 0.15) is 20.3 Å². The summed E-state index contributed by atoms with van der Waals surface area (Å²) in [6.45, 7) is 6.81. The Morgan fingerprint density at radius 2 is 1.86 bits per heavy atom. The molecule has 0 saturated carbocycles. The van der Waals surface area contributed by atoms with E-state index < -0.39 is 11.2 Å². The summed E-state index contributed by atoms with van der Waals surface area (Å²) >= 11 is 1.53. The van der Waals surface area contributed by atoms with E-state index in [1.807, 2.05) is 4.57 Å². The lowest BCUT2D eigenvalue weighted by Crippen LogP contribution is -2.40. The van der Waals surface area contributed by atoms with Gasteiger partial charge in [-0.2, -0.15) is 4.98 Å². The average Bonchev–Trinajstić information content (AvgIpc) is 3.07. The van der Waals surface area contributed by atoms with Gasteiger partial charge in [-0.3, -0.25) is 14.3 Å². The number of aromatic amines is 1. The summed E-state index contributed by atoms with van der Waals surface area (Å²) < 4.78 is 3.34. The second kappa shape index (κ2) is 8.02. The van der Waals surface area contributed by atoms with Crippen LogP contribution in [0.3, 0.4) is 0 Å². The Labute approximate surface area is 172 Å². The quantitative estimate of drug-likeness (QED) is 0.497. The molecule has 4 rings (SSSR count). The zero-order valence-corrected chi connectivity index (χ0v) is 17.6. The number of hydrogen-bond donors (Lipinski definition) is 1. The lowest BCUT2D eigenvalue weighted by atomic mass is 9.92. The molecule has 1 aliphatic rings. The third-order valence-corrected chi connectivity index (χ3v) is 6.08. The third-order valence-electron chi connectivity index (χ3n) is 5.23. The predicted molar refractivity (Wildman–Crippen MR) is 114 cm³/mol. The molecule has 0 aliphatic carbocycles. The molecule has 3 aromatic heterocycles. The first-order valence-electron chi connectivity index (χ1n) is 9.78. The van der Waals surface area contributed by atoms with Gasteiger partial charge in [0.1, 0.15) is 0 Å². The summed E-state index contributed by atoms with van der Waals surface area (Å²) in [6.07, 6.45) is 4.60. The van der Waals surface area contributed by atoms with E-state index in [-0.39, 0.29) is 0 Å². The Morgan fingerprint density at radius 3 is 2.55 bits per heavy atom. The SMILES string of the molecule is C[C@@H]1C[C@H](C)CN(c2nc3c(c(=O)[nH]c(=O)n3C)n2CCSc2ncccn2)C1. The number of H-pyrrole nitrogens is 1. The molecule has 1 fully saturated rings. The molecule has 3 aromatic rings. The lowest BCUT2D eigenvalue weighted by molar-refractivity contribution is 0.352. The van der Waals surface area contributed by atoms with Crippen LogP contribution >= 0.6 is 11.8 Å². The van der Waals surface area contributed by atoms with Crippen LogP contribution in [-0.2, 0) is 13.6 Å². The molecule has 29 heavy (non-hydrogen) atoms. The van der Waals surface area contributed by atoms with Crippen LogP contribution in [0, 0.1) is 11.8 Å². The highest BCUT2D eigenvalue weighted by Crippen LogP contribution is 2.28. The molecular formula is C19H25N7O2S. The first-order valence-corrected chi connectivity index (χ1v) is 10.8. The maximum atomic E-state index is 12.7. The first-order chi connectivity index (χ1) is 13.9. The number of aryl methyl sites for hydroxylation is 2. The first kappa shape index (κ1) is 19.7. The van der Waals surface area contributed by atoms with Gasteiger partial charge in [-0.15, -0.1) is 0 Å². The van der Waals surface area contributed by atoms with E-state index >= 15 is 0 Å². The summed E-state index contributed by atoms with van der Waals surface area (Å²) in [6, 6.07) is 1.78. The summed E-state index contributed by atoms with van der Waals surface area (Å²) in [5.41, 5.74) is -0.00444. The van der Waals surface area contributed by atoms with Gasteiger partial charge in [-0.25, -0.2) is 14.8 Å². The standard InChI is InChI=1S/C19H25N7O2S/c1-12-9-13(2)11-25(10-12)18-22-15-14(16(27)23-19(28)24(15)3)26(18)7-8-29-17-20-5-4-6-21-17/h4-6,12-13H,7-11H2,1-3H3,(H,23,27,28)/t12-,13+. The zero-order chi connectivity index (χ0) is 20.5. The summed E-state index contributed by atoms with van der Waals surface area (Å²) in [5, 5.41) is 0.694. The van der Waals surface area contributed by atoms with Crippen molar-refractivity contribution in [3.05, 3.63) is 39.3 Å². The van der Waals surface area contributed by atoms with Crippen molar-refractivity contribution >= 4 is 28.9 Å². The van der Waals surface area contributed by atoms with Crippen molar-refractivity contribution in [3.63, 3.8) is 0 Å². The number of piperidine rings is 1. The smallest absolute Gasteiger partial charge is 0.329 e. The number of thioether (sulfide) groups is 1. The number of anilines is 1. The van der Waals surface area contributed by atoms with Crippen LogP contribution in [0.25, 0.3) is 11.2 Å². The van der Waals surface area contributed by atoms with Crippen molar-refractivity contribution in [1.82, 2.24) is 29.1 Å². The van der Waals surface area contributed by atoms with Gasteiger partial charge in [0, 0.05) is 44.8 Å². The fourth-order valence-corrected chi connectivity index (χ4v) is 4.82. The van der Waals surface area contributed by atoms with Gasteiger partial charge in [-0.1, -0.05) is 25.6 Å². The molecule has 9 nitrogen and oxygen atoms in total. The molecule has 154 valence electrons. The Kier molecular flexibility index (Phi) is 5.44. The van der Waals surface area contributed by atoms with Gasteiger partial charge >= 0.3 is 5.69 Å². The molecule has 0 radical (unpaired) electrons. The van der Waals surface area contributed by atoms with Crippen LogP contribution in [-0.4, -0.2) is 47.9 Å². The Morgan fingerprint density at radius 1 is 1.17 bits per heavy atom. The number of hydrogen-bond acceptors (Lipinski definition) is 7. The Balaban J connectivity index is 1.74. The minimum absolute atomic E-state index is 0.402. The number of fused-ring (bicyclic) bond motifs is 1. The minimum Gasteiger partial charge on any atom is -0.342 e. The van der Waals surface area contributed by atoms with Gasteiger partial charge in [0.05, 0.1) is 0 Å². The van der Waals surface area contributed by atoms with Crippen molar-refractivity contribution < 1.29 is 0 Å². The van der Waals surface area contributed by atoms with E-state index in [0.717, 1.165) is 19.0 Å². The molecule has 0 aromatic carbocycles. The van der Waals surface area contributed by atoms with Crippen LogP contribution in [0.2, 0.25) is 0 Å². The Hall–Kier alpha value is -2.62. The highest BCUT2D eigenvalue weighted by molar-refractivity contribution is 7.99. The second-order valence-electron chi connectivity index (χ2n) is 7.78. The van der Waals surface area contributed by atoms with Crippen molar-refractivity contribution in [3.8, 4) is 0 Å². The summed E-state index contributed by atoms with van der Waals surface area (Å²) in [4.78, 5) is 42.6. The normalized spacial score (nSPS) is 19.8. The highest BCUT2D eigenvalue weighted by Gasteiger charge is 2.27. The largest absolute Gasteiger partial charge is 0.342 e. The average molecular weight is 416 g/mol. The fourth-order valence-electron chi connectivity index (χ4n) is 4.09. The number of nitrogens with zero attached hydrogens (tertiary/aromatic N) is 6. The van der Waals surface area contributed by atoms with Crippen molar-refractivity contribution in [1.29, 1.82) is 0 Å². The molecule has 4 heterocycles. The van der Waals surface area contributed by atoms with Gasteiger partial charge in [0.2, 0.25) is 5.95 Å². The van der Waals surface area contributed by atoms with Crippen molar-refractivity contribution in [2.24, 2.45) is 18.9 Å². The van der Waals surface area contributed by atoms with E-state index in [1.165, 1.54) is 22.7 Å². The van der Waals surface area contributed by atoms with Gasteiger partial charge in [-0.05, 0) is 24.3 Å². The van der Waals surface area contributed by atoms with E-state index in [1.54, 1.807) is 25.5 Å². The van der Waals surface area contributed by atoms with Crippen LogP contribution in [0.15, 0.2) is 33.2 Å². The molecule has 0 spiro atoms. The van der Waals surface area contributed by atoms with E-state index in [4.69, 9.17) is 4.98 Å². The summed E-state index contributed by atoms with van der Waals surface area (Å²) in [5.74, 6) is 2.52. The zero-order valence-electron chi connectivity index (χ0n) is 16.8. The molecule has 1 aliphatic heterocycles. The maximum absolute atomic E-state index is 12.7. The Bertz CT molecular complexity index is 1110. The number of nitrogens with one attached hydrogen (secondary N) is 1. The molecule has 0 bridgehead atoms. The molecular weight excluding hydrogens is 390 g/mol. The molecule has 1 saturated heterocycles. The molecule has 2 atom stereocenters. The lowest BCUT2D eigenvalue weighted by Gasteiger charge is -2.35. The molecule has 0 unspecified atom stereocenters. The minimum atomic E-state index is -0.453. The molecule has 1 N–H and O–H groups in total. The number of aromatic nitrogens is 6. The van der Waals surface area contributed by atoms with E-state index in [9.17, 15) is 9.59 Å². The monoisotopic (exact) mass is 415 g/mol. The number of imidazole rings is 1. The highest BCUT2D eigenvalue weighted by atomic mass is 32.2. The van der Waals surface area contributed by atoms with Gasteiger partial charge in [0.15, 0.2) is 16.3 Å². The third kappa shape index (κ3) is 3.93.